The predicted molar refractivity (Wildman–Crippen MR) is 197 cm³/mol. The van der Waals surface area contributed by atoms with Crippen molar-refractivity contribution in [3.8, 4) is 45.1 Å². The van der Waals surface area contributed by atoms with Gasteiger partial charge in [0.05, 0.1) is 22.3 Å². The van der Waals surface area contributed by atoms with Crippen LogP contribution in [0, 0.1) is 11.3 Å². The quantitative estimate of drug-likeness (QED) is 0.186. The minimum Gasteiger partial charge on any atom is -0.307 e. The fraction of sp³-hybridized carbons (Fsp3) is 0. The van der Waals surface area contributed by atoms with Crippen molar-refractivity contribution in [1.82, 2.24) is 4.57 Å². The summed E-state index contributed by atoms with van der Waals surface area (Å²) in [4.78, 5) is 0. The normalized spacial score (nSPS) is 11.4. The second kappa shape index (κ2) is 10.9. The molecule has 0 saturated heterocycles. The van der Waals surface area contributed by atoms with Crippen LogP contribution in [0.25, 0.3) is 82.4 Å². The molecule has 1 heterocycles. The van der Waals surface area contributed by atoms with Gasteiger partial charge in [0.15, 0.2) is 0 Å². The topological polar surface area (TPSA) is 28.7 Å². The van der Waals surface area contributed by atoms with Crippen LogP contribution in [0.15, 0.2) is 170 Å². The van der Waals surface area contributed by atoms with E-state index in [-0.39, 0.29) is 0 Å². The molecule has 0 bridgehead atoms. The van der Waals surface area contributed by atoms with Gasteiger partial charge < -0.3 is 4.57 Å². The number of hydrogen-bond donors (Lipinski definition) is 0. The van der Waals surface area contributed by atoms with Gasteiger partial charge in [0.1, 0.15) is 6.07 Å². The number of aromatic nitrogens is 1. The summed E-state index contributed by atoms with van der Waals surface area (Å²) in [6, 6.07) is 62.5. The lowest BCUT2D eigenvalue weighted by molar-refractivity contribution is 1.17. The average Bonchev–Trinajstić information content (AvgIpc) is 3.48. The zero-order valence-electron chi connectivity index (χ0n) is 25.6. The third-order valence-corrected chi connectivity index (χ3v) is 9.44. The van der Waals surface area contributed by atoms with Crippen molar-refractivity contribution in [3.05, 3.63) is 175 Å². The van der Waals surface area contributed by atoms with Crippen molar-refractivity contribution < 1.29 is 0 Å². The SMILES string of the molecule is N#Cc1cccc(-c2ccc(-c3c4ccccc4c(-c4ccccc4)c4ccccc34)cc2)c1-n1c2ccccc2c2ccccc21. The first-order chi connectivity index (χ1) is 23.3. The molecule has 2 heteroatoms. The van der Waals surface area contributed by atoms with Crippen molar-refractivity contribution in [2.45, 2.75) is 0 Å². The fourth-order valence-electron chi connectivity index (χ4n) is 7.44. The fourth-order valence-corrected chi connectivity index (χ4v) is 7.44. The molecule has 8 aromatic carbocycles. The van der Waals surface area contributed by atoms with Crippen molar-refractivity contribution in [2.24, 2.45) is 0 Å². The smallest absolute Gasteiger partial charge is 0.101 e. The molecule has 0 atom stereocenters. The lowest BCUT2D eigenvalue weighted by Gasteiger charge is -2.18. The van der Waals surface area contributed by atoms with Gasteiger partial charge in [-0.05, 0) is 67.6 Å². The molecule has 218 valence electrons. The Balaban J connectivity index is 1.27. The Morgan fingerprint density at radius 2 is 0.787 bits per heavy atom. The van der Waals surface area contributed by atoms with E-state index in [9.17, 15) is 5.26 Å². The number of nitriles is 1. The Hall–Kier alpha value is -6.43. The van der Waals surface area contributed by atoms with E-state index in [0.717, 1.165) is 33.4 Å². The van der Waals surface area contributed by atoms with Crippen molar-refractivity contribution in [3.63, 3.8) is 0 Å². The monoisotopic (exact) mass is 596 g/mol. The minimum atomic E-state index is 0.645. The number of para-hydroxylation sites is 3. The van der Waals surface area contributed by atoms with Gasteiger partial charge >= 0.3 is 0 Å². The Bertz CT molecular complexity index is 2560. The molecule has 1 aromatic heterocycles. The van der Waals surface area contributed by atoms with Crippen LogP contribution in [-0.4, -0.2) is 4.57 Å². The molecule has 9 rings (SSSR count). The summed E-state index contributed by atoms with van der Waals surface area (Å²) in [6.07, 6.45) is 0. The lowest BCUT2D eigenvalue weighted by Crippen LogP contribution is -2.00. The second-order valence-electron chi connectivity index (χ2n) is 12.0. The van der Waals surface area contributed by atoms with Crippen LogP contribution in [0.4, 0.5) is 0 Å². The van der Waals surface area contributed by atoms with E-state index in [1.165, 1.54) is 49.0 Å². The maximum Gasteiger partial charge on any atom is 0.101 e. The Kier molecular flexibility index (Phi) is 6.23. The average molecular weight is 597 g/mol. The molecule has 0 aliphatic heterocycles. The summed E-state index contributed by atoms with van der Waals surface area (Å²) in [5.41, 5.74) is 10.7. The molecule has 2 nitrogen and oxygen atoms in total. The van der Waals surface area contributed by atoms with Crippen molar-refractivity contribution in [1.29, 1.82) is 5.26 Å². The van der Waals surface area contributed by atoms with Crippen LogP contribution < -0.4 is 0 Å². The summed E-state index contributed by atoms with van der Waals surface area (Å²) in [7, 11) is 0. The maximum absolute atomic E-state index is 10.4. The zero-order chi connectivity index (χ0) is 31.3. The number of nitrogens with zero attached hydrogens (tertiary/aromatic N) is 2. The van der Waals surface area contributed by atoms with Gasteiger partial charge in [-0.1, -0.05) is 152 Å². The summed E-state index contributed by atoms with van der Waals surface area (Å²) in [5.74, 6) is 0. The van der Waals surface area contributed by atoms with Crippen LogP contribution >= 0.6 is 0 Å². The minimum absolute atomic E-state index is 0.645. The van der Waals surface area contributed by atoms with E-state index in [4.69, 9.17) is 0 Å². The molecular formula is C45H28N2. The first-order valence-electron chi connectivity index (χ1n) is 15.9. The van der Waals surface area contributed by atoms with E-state index >= 15 is 0 Å². The molecule has 0 spiro atoms. The number of hydrogen-bond acceptors (Lipinski definition) is 1. The van der Waals surface area contributed by atoms with E-state index in [2.05, 4.69) is 168 Å². The van der Waals surface area contributed by atoms with Gasteiger partial charge in [-0.3, -0.25) is 0 Å². The Labute approximate surface area is 273 Å². The third kappa shape index (κ3) is 4.18. The number of fused-ring (bicyclic) bond motifs is 5. The summed E-state index contributed by atoms with van der Waals surface area (Å²) < 4.78 is 2.26. The summed E-state index contributed by atoms with van der Waals surface area (Å²) in [6.45, 7) is 0. The molecule has 0 saturated carbocycles. The van der Waals surface area contributed by atoms with Crippen LogP contribution in [0.5, 0.6) is 0 Å². The van der Waals surface area contributed by atoms with Gasteiger partial charge in [-0.15, -0.1) is 0 Å². The molecule has 0 unspecified atom stereocenters. The summed E-state index contributed by atoms with van der Waals surface area (Å²) in [5, 5.41) is 17.7. The van der Waals surface area contributed by atoms with E-state index in [0.29, 0.717) is 5.56 Å². The van der Waals surface area contributed by atoms with Crippen LogP contribution in [0.3, 0.4) is 0 Å². The highest BCUT2D eigenvalue weighted by molar-refractivity contribution is 6.21. The van der Waals surface area contributed by atoms with E-state index in [1.54, 1.807) is 0 Å². The largest absolute Gasteiger partial charge is 0.307 e. The molecule has 47 heavy (non-hydrogen) atoms. The highest BCUT2D eigenvalue weighted by atomic mass is 15.0. The van der Waals surface area contributed by atoms with Gasteiger partial charge in [0.2, 0.25) is 0 Å². The molecular weight excluding hydrogens is 569 g/mol. The van der Waals surface area contributed by atoms with Gasteiger partial charge in [-0.25, -0.2) is 0 Å². The summed E-state index contributed by atoms with van der Waals surface area (Å²) >= 11 is 0. The molecule has 0 radical (unpaired) electrons. The van der Waals surface area contributed by atoms with Gasteiger partial charge in [0, 0.05) is 16.3 Å². The molecule has 0 aliphatic carbocycles. The first-order valence-corrected chi connectivity index (χ1v) is 15.9. The highest BCUT2D eigenvalue weighted by Crippen LogP contribution is 2.44. The Morgan fingerprint density at radius 3 is 1.30 bits per heavy atom. The standard InChI is InChI=1S/C45H28N2/c46-29-33-15-12-22-34(45(33)47-41-23-10-8-16-35(41)36-17-9-11-24-42(36)47)30-25-27-32(28-26-30)44-39-20-6-4-18-37(39)43(31-13-2-1-3-14-31)38-19-5-7-21-40(38)44/h1-28H. The van der Waals surface area contributed by atoms with E-state index in [1.807, 2.05) is 12.1 Å². The zero-order valence-corrected chi connectivity index (χ0v) is 25.6. The van der Waals surface area contributed by atoms with Crippen molar-refractivity contribution in [2.75, 3.05) is 0 Å². The Morgan fingerprint density at radius 1 is 0.362 bits per heavy atom. The van der Waals surface area contributed by atoms with Crippen LogP contribution in [-0.2, 0) is 0 Å². The number of benzene rings is 8. The van der Waals surface area contributed by atoms with Gasteiger partial charge in [0.25, 0.3) is 0 Å². The van der Waals surface area contributed by atoms with E-state index < -0.39 is 0 Å². The predicted octanol–water partition coefficient (Wildman–Crippen LogP) is 12.0. The second-order valence-corrected chi connectivity index (χ2v) is 12.0. The van der Waals surface area contributed by atoms with Crippen molar-refractivity contribution >= 4 is 43.4 Å². The molecule has 0 aliphatic rings. The third-order valence-electron chi connectivity index (χ3n) is 9.44. The molecule has 0 N–H and O–H groups in total. The highest BCUT2D eigenvalue weighted by Gasteiger charge is 2.20. The molecule has 0 fully saturated rings. The molecule has 0 amide bonds. The number of rotatable bonds is 4. The van der Waals surface area contributed by atoms with Gasteiger partial charge in [-0.2, -0.15) is 5.26 Å². The van der Waals surface area contributed by atoms with Crippen LogP contribution in [0.2, 0.25) is 0 Å². The lowest BCUT2D eigenvalue weighted by atomic mass is 9.85. The molecule has 9 aromatic rings. The maximum atomic E-state index is 10.4. The first kappa shape index (κ1) is 26.9. The van der Waals surface area contributed by atoms with Crippen LogP contribution in [0.1, 0.15) is 5.56 Å².